The molecule has 1 aromatic carbocycles. The lowest BCUT2D eigenvalue weighted by atomic mass is 10.2. The zero-order valence-corrected chi connectivity index (χ0v) is 11.7. The Kier molecular flexibility index (Phi) is 4.13. The molecule has 2 N–H and O–H groups in total. The van der Waals surface area contributed by atoms with Crippen LogP contribution in [0.5, 0.6) is 0 Å². The van der Waals surface area contributed by atoms with Crippen molar-refractivity contribution in [3.05, 3.63) is 41.2 Å². The summed E-state index contributed by atoms with van der Waals surface area (Å²) in [5.74, 6) is -0.781. The molecule has 19 heavy (non-hydrogen) atoms. The third-order valence-electron chi connectivity index (χ3n) is 2.32. The molecule has 5 nitrogen and oxygen atoms in total. The highest BCUT2D eigenvalue weighted by Gasteiger charge is 2.20. The van der Waals surface area contributed by atoms with Crippen LogP contribution in [0.2, 0.25) is 0 Å². The van der Waals surface area contributed by atoms with Gasteiger partial charge in [0.15, 0.2) is 5.13 Å². The van der Waals surface area contributed by atoms with Crippen molar-refractivity contribution in [3.8, 4) is 0 Å². The molecule has 0 radical (unpaired) electrons. The van der Waals surface area contributed by atoms with Gasteiger partial charge in [0, 0.05) is 18.1 Å². The number of aromatic nitrogens is 1. The van der Waals surface area contributed by atoms with E-state index in [0.717, 1.165) is 11.3 Å². The average molecular weight is 301 g/mol. The zero-order chi connectivity index (χ0) is 13.9. The van der Waals surface area contributed by atoms with Crippen molar-refractivity contribution in [2.45, 2.75) is 11.4 Å². The monoisotopic (exact) mass is 301 g/mol. The van der Waals surface area contributed by atoms with Gasteiger partial charge in [0.25, 0.3) is 10.0 Å². The predicted octanol–water partition coefficient (Wildman–Crippen LogP) is 1.80. The van der Waals surface area contributed by atoms with Gasteiger partial charge in [-0.15, -0.1) is 11.3 Å². The predicted molar refractivity (Wildman–Crippen MR) is 72.1 cm³/mol. The van der Waals surface area contributed by atoms with E-state index >= 15 is 0 Å². The summed E-state index contributed by atoms with van der Waals surface area (Å²) in [6, 6.07) is 4.01. The maximum atomic E-state index is 13.8. The van der Waals surface area contributed by atoms with Crippen LogP contribution in [0.4, 0.5) is 9.52 Å². The van der Waals surface area contributed by atoms with Gasteiger partial charge in [-0.3, -0.25) is 4.72 Å². The lowest BCUT2D eigenvalue weighted by Gasteiger charge is -2.08. The van der Waals surface area contributed by atoms with Crippen molar-refractivity contribution in [1.82, 2.24) is 10.3 Å². The molecule has 0 saturated heterocycles. The molecule has 0 amide bonds. The number of sulfonamides is 1. The van der Waals surface area contributed by atoms with E-state index in [1.807, 2.05) is 0 Å². The smallest absolute Gasteiger partial charge is 0.266 e. The van der Waals surface area contributed by atoms with E-state index in [1.165, 1.54) is 18.3 Å². The van der Waals surface area contributed by atoms with Crippen LogP contribution in [-0.4, -0.2) is 20.4 Å². The maximum Gasteiger partial charge on any atom is 0.266 e. The molecule has 1 aromatic heterocycles. The SMILES string of the molecule is CNCc1ccc(S(=O)(=O)Nc2nccs2)c(F)c1. The second-order valence-electron chi connectivity index (χ2n) is 3.74. The van der Waals surface area contributed by atoms with Crippen molar-refractivity contribution in [2.24, 2.45) is 0 Å². The Bertz CT molecular complexity index is 657. The van der Waals surface area contributed by atoms with Gasteiger partial charge in [0.1, 0.15) is 10.7 Å². The van der Waals surface area contributed by atoms with E-state index in [1.54, 1.807) is 18.5 Å². The van der Waals surface area contributed by atoms with Gasteiger partial charge in [-0.1, -0.05) is 6.07 Å². The van der Waals surface area contributed by atoms with Crippen molar-refractivity contribution in [2.75, 3.05) is 11.8 Å². The molecular formula is C11H12FN3O2S2. The Morgan fingerprint density at radius 1 is 1.42 bits per heavy atom. The molecule has 102 valence electrons. The third-order valence-corrected chi connectivity index (χ3v) is 4.51. The first-order valence-corrected chi connectivity index (χ1v) is 7.74. The highest BCUT2D eigenvalue weighted by molar-refractivity contribution is 7.93. The molecule has 0 fully saturated rings. The largest absolute Gasteiger partial charge is 0.316 e. The molecule has 0 aliphatic heterocycles. The quantitative estimate of drug-likeness (QED) is 0.883. The maximum absolute atomic E-state index is 13.8. The molecule has 0 bridgehead atoms. The second kappa shape index (κ2) is 5.64. The third kappa shape index (κ3) is 3.28. The standard InChI is InChI=1S/C11H12FN3O2S2/c1-13-7-8-2-3-10(9(12)6-8)19(16,17)15-11-14-4-5-18-11/h2-6,13H,7H2,1H3,(H,14,15). The van der Waals surface area contributed by atoms with Crippen LogP contribution in [0.1, 0.15) is 5.56 Å². The van der Waals surface area contributed by atoms with Crippen LogP contribution in [-0.2, 0) is 16.6 Å². The first-order chi connectivity index (χ1) is 9.03. The second-order valence-corrected chi connectivity index (χ2v) is 6.28. The number of thiazole rings is 1. The van der Waals surface area contributed by atoms with E-state index in [9.17, 15) is 12.8 Å². The number of hydrogen-bond donors (Lipinski definition) is 2. The van der Waals surface area contributed by atoms with E-state index in [2.05, 4.69) is 15.0 Å². The highest BCUT2D eigenvalue weighted by Crippen LogP contribution is 2.21. The molecule has 1 heterocycles. The topological polar surface area (TPSA) is 71.1 Å². The van der Waals surface area contributed by atoms with Gasteiger partial charge in [-0.05, 0) is 24.7 Å². The number of rotatable bonds is 5. The number of halogens is 1. The summed E-state index contributed by atoms with van der Waals surface area (Å²) < 4.78 is 40.0. The zero-order valence-electron chi connectivity index (χ0n) is 10.1. The van der Waals surface area contributed by atoms with Crippen LogP contribution >= 0.6 is 11.3 Å². The number of hydrogen-bond acceptors (Lipinski definition) is 5. The molecule has 2 aromatic rings. The summed E-state index contributed by atoms with van der Waals surface area (Å²) in [7, 11) is -2.21. The molecule has 0 aliphatic carbocycles. The Balaban J connectivity index is 2.30. The van der Waals surface area contributed by atoms with E-state index in [0.29, 0.717) is 12.1 Å². The summed E-state index contributed by atoms with van der Waals surface area (Å²) >= 11 is 1.13. The molecular weight excluding hydrogens is 289 g/mol. The van der Waals surface area contributed by atoms with Crippen LogP contribution < -0.4 is 10.0 Å². The van der Waals surface area contributed by atoms with Gasteiger partial charge < -0.3 is 5.32 Å². The molecule has 0 atom stereocenters. The Morgan fingerprint density at radius 3 is 2.79 bits per heavy atom. The van der Waals surface area contributed by atoms with Crippen LogP contribution in [0.25, 0.3) is 0 Å². The summed E-state index contributed by atoms with van der Waals surface area (Å²) in [5, 5.41) is 4.70. The number of nitrogens with one attached hydrogen (secondary N) is 2. The van der Waals surface area contributed by atoms with Gasteiger partial charge in [0.2, 0.25) is 0 Å². The lowest BCUT2D eigenvalue weighted by molar-refractivity contribution is 0.568. The lowest BCUT2D eigenvalue weighted by Crippen LogP contribution is -2.15. The Morgan fingerprint density at radius 2 is 2.21 bits per heavy atom. The van der Waals surface area contributed by atoms with Crippen molar-refractivity contribution < 1.29 is 12.8 Å². The van der Waals surface area contributed by atoms with Crippen molar-refractivity contribution in [1.29, 1.82) is 0 Å². The van der Waals surface area contributed by atoms with Crippen LogP contribution in [0, 0.1) is 5.82 Å². The molecule has 0 unspecified atom stereocenters. The van der Waals surface area contributed by atoms with E-state index in [4.69, 9.17) is 0 Å². The summed E-state index contributed by atoms with van der Waals surface area (Å²) in [6.45, 7) is 0.469. The number of nitrogens with zero attached hydrogens (tertiary/aromatic N) is 1. The van der Waals surface area contributed by atoms with Crippen LogP contribution in [0.15, 0.2) is 34.7 Å². The van der Waals surface area contributed by atoms with E-state index < -0.39 is 15.8 Å². The minimum atomic E-state index is -3.94. The van der Waals surface area contributed by atoms with Crippen molar-refractivity contribution >= 4 is 26.5 Å². The van der Waals surface area contributed by atoms with Gasteiger partial charge in [-0.25, -0.2) is 17.8 Å². The normalized spacial score (nSPS) is 11.5. The fourth-order valence-corrected chi connectivity index (χ4v) is 3.37. The first kappa shape index (κ1) is 13.9. The summed E-state index contributed by atoms with van der Waals surface area (Å²) in [4.78, 5) is 3.41. The molecule has 2 rings (SSSR count). The Hall–Kier alpha value is -1.51. The molecule has 0 spiro atoms. The molecule has 0 aliphatic rings. The number of benzene rings is 1. The fraction of sp³-hybridized carbons (Fsp3) is 0.182. The van der Waals surface area contributed by atoms with Gasteiger partial charge in [-0.2, -0.15) is 0 Å². The summed E-state index contributed by atoms with van der Waals surface area (Å²) in [5.41, 5.74) is 0.674. The number of anilines is 1. The molecule has 0 saturated carbocycles. The van der Waals surface area contributed by atoms with Crippen molar-refractivity contribution in [3.63, 3.8) is 0 Å². The highest BCUT2D eigenvalue weighted by atomic mass is 32.2. The minimum absolute atomic E-state index is 0.207. The van der Waals surface area contributed by atoms with Gasteiger partial charge in [0.05, 0.1) is 0 Å². The first-order valence-electron chi connectivity index (χ1n) is 5.38. The van der Waals surface area contributed by atoms with E-state index in [-0.39, 0.29) is 10.0 Å². The minimum Gasteiger partial charge on any atom is -0.316 e. The van der Waals surface area contributed by atoms with Gasteiger partial charge >= 0.3 is 0 Å². The fourth-order valence-electron chi connectivity index (χ4n) is 1.52. The Labute approximate surface area is 114 Å². The summed E-state index contributed by atoms with van der Waals surface area (Å²) in [6.07, 6.45) is 1.47. The average Bonchev–Trinajstić information content (AvgIpc) is 2.81. The van der Waals surface area contributed by atoms with Crippen LogP contribution in [0.3, 0.4) is 0 Å². The molecule has 8 heteroatoms.